The van der Waals surface area contributed by atoms with Crippen molar-refractivity contribution in [3.63, 3.8) is 0 Å². The van der Waals surface area contributed by atoms with E-state index in [0.717, 1.165) is 55.0 Å². The van der Waals surface area contributed by atoms with Gasteiger partial charge < -0.3 is 19.7 Å². The molecule has 0 unspecified atom stereocenters. The molecule has 5 nitrogen and oxygen atoms in total. The predicted octanol–water partition coefficient (Wildman–Crippen LogP) is 4.79. The second-order valence-corrected chi connectivity index (χ2v) is 6.79. The highest BCUT2D eigenvalue weighted by molar-refractivity contribution is 5.94. The summed E-state index contributed by atoms with van der Waals surface area (Å²) in [5, 5.41) is 3.08. The van der Waals surface area contributed by atoms with Crippen LogP contribution in [0.3, 0.4) is 0 Å². The van der Waals surface area contributed by atoms with E-state index >= 15 is 0 Å². The average Bonchev–Trinajstić information content (AvgIpc) is 2.73. The monoisotopic (exact) mass is 368 g/mol. The minimum absolute atomic E-state index is 0.0687. The van der Waals surface area contributed by atoms with Crippen LogP contribution < -0.4 is 10.1 Å². The van der Waals surface area contributed by atoms with Gasteiger partial charge in [-0.1, -0.05) is 37.3 Å². The van der Waals surface area contributed by atoms with Crippen LogP contribution in [-0.4, -0.2) is 43.8 Å². The standard InChI is InChI=1S/C22H28N2O3/c1-3-15-27-19-7-6-14-24(16-19)22(25)23-21-9-5-4-8-20(21)17-10-12-18(26-2)13-11-17/h4-5,8-13,19H,3,6-7,14-16H2,1-2H3,(H,23,25)/t19-/m0/s1. The van der Waals surface area contributed by atoms with Crippen molar-refractivity contribution in [2.45, 2.75) is 32.3 Å². The molecule has 2 aromatic rings. The SMILES string of the molecule is CCCO[C@H]1CCCN(C(=O)Nc2ccccc2-c2ccc(OC)cc2)C1. The van der Waals surface area contributed by atoms with E-state index in [2.05, 4.69) is 12.2 Å². The van der Waals surface area contributed by atoms with E-state index in [9.17, 15) is 4.79 Å². The van der Waals surface area contributed by atoms with Crippen LogP contribution in [0.4, 0.5) is 10.5 Å². The topological polar surface area (TPSA) is 50.8 Å². The summed E-state index contributed by atoms with van der Waals surface area (Å²) >= 11 is 0. The van der Waals surface area contributed by atoms with Crippen molar-refractivity contribution in [1.29, 1.82) is 0 Å². The van der Waals surface area contributed by atoms with Gasteiger partial charge in [-0.15, -0.1) is 0 Å². The number of rotatable bonds is 6. The number of urea groups is 1. The van der Waals surface area contributed by atoms with E-state index in [0.29, 0.717) is 6.54 Å². The number of nitrogens with zero attached hydrogens (tertiary/aromatic N) is 1. The predicted molar refractivity (Wildman–Crippen MR) is 108 cm³/mol. The molecular formula is C22H28N2O3. The lowest BCUT2D eigenvalue weighted by atomic mass is 10.0. The third-order valence-corrected chi connectivity index (χ3v) is 4.79. The Morgan fingerprint density at radius 2 is 1.96 bits per heavy atom. The van der Waals surface area contributed by atoms with Gasteiger partial charge in [0.2, 0.25) is 0 Å². The number of anilines is 1. The van der Waals surface area contributed by atoms with Crippen LogP contribution >= 0.6 is 0 Å². The molecule has 1 fully saturated rings. The summed E-state index contributed by atoms with van der Waals surface area (Å²) in [6.45, 7) is 4.27. The zero-order valence-corrected chi connectivity index (χ0v) is 16.1. The average molecular weight is 368 g/mol. The minimum atomic E-state index is -0.0687. The first-order valence-electron chi connectivity index (χ1n) is 9.62. The molecule has 1 N–H and O–H groups in total. The van der Waals surface area contributed by atoms with E-state index < -0.39 is 0 Å². The fourth-order valence-electron chi connectivity index (χ4n) is 3.35. The largest absolute Gasteiger partial charge is 0.497 e. The minimum Gasteiger partial charge on any atom is -0.497 e. The lowest BCUT2D eigenvalue weighted by Crippen LogP contribution is -2.45. The quantitative estimate of drug-likeness (QED) is 0.798. The fraction of sp³-hybridized carbons (Fsp3) is 0.409. The van der Waals surface area contributed by atoms with Crippen LogP contribution in [0.25, 0.3) is 11.1 Å². The maximum absolute atomic E-state index is 12.8. The molecule has 1 aliphatic rings. The van der Waals surface area contributed by atoms with Gasteiger partial charge in [-0.2, -0.15) is 0 Å². The van der Waals surface area contributed by atoms with E-state index in [1.54, 1.807) is 7.11 Å². The van der Waals surface area contributed by atoms with Gasteiger partial charge in [-0.3, -0.25) is 0 Å². The molecule has 0 aromatic heterocycles. The summed E-state index contributed by atoms with van der Waals surface area (Å²) < 4.78 is 11.1. The summed E-state index contributed by atoms with van der Waals surface area (Å²) in [5.41, 5.74) is 2.84. The van der Waals surface area contributed by atoms with Crippen molar-refractivity contribution >= 4 is 11.7 Å². The lowest BCUT2D eigenvalue weighted by Gasteiger charge is -2.32. The number of ether oxygens (including phenoxy) is 2. The van der Waals surface area contributed by atoms with Gasteiger partial charge in [0.25, 0.3) is 0 Å². The Morgan fingerprint density at radius 1 is 1.19 bits per heavy atom. The van der Waals surface area contributed by atoms with E-state index in [1.165, 1.54) is 0 Å². The number of carbonyl (C=O) groups excluding carboxylic acids is 1. The van der Waals surface area contributed by atoms with E-state index in [1.807, 2.05) is 53.4 Å². The number of hydrogen-bond donors (Lipinski definition) is 1. The third kappa shape index (κ3) is 5.01. The van der Waals surface area contributed by atoms with Crippen LogP contribution in [-0.2, 0) is 4.74 Å². The first kappa shape index (κ1) is 19.2. The molecule has 0 saturated carbocycles. The molecule has 1 heterocycles. The number of likely N-dealkylation sites (tertiary alicyclic amines) is 1. The van der Waals surface area contributed by atoms with Crippen molar-refractivity contribution in [2.75, 3.05) is 32.1 Å². The number of methoxy groups -OCH3 is 1. The van der Waals surface area contributed by atoms with Crippen molar-refractivity contribution in [1.82, 2.24) is 4.90 Å². The number of amides is 2. The maximum atomic E-state index is 12.8. The Morgan fingerprint density at radius 3 is 2.70 bits per heavy atom. The highest BCUT2D eigenvalue weighted by Gasteiger charge is 2.24. The van der Waals surface area contributed by atoms with Crippen molar-refractivity contribution < 1.29 is 14.3 Å². The Hall–Kier alpha value is -2.53. The normalized spacial score (nSPS) is 16.8. The second kappa shape index (κ2) is 9.42. The molecule has 2 amide bonds. The van der Waals surface area contributed by atoms with Crippen molar-refractivity contribution in [2.24, 2.45) is 0 Å². The summed E-state index contributed by atoms with van der Waals surface area (Å²) in [4.78, 5) is 14.7. The third-order valence-electron chi connectivity index (χ3n) is 4.79. The summed E-state index contributed by atoms with van der Waals surface area (Å²) in [6.07, 6.45) is 3.13. The zero-order chi connectivity index (χ0) is 19.1. The smallest absolute Gasteiger partial charge is 0.321 e. The number of piperidine rings is 1. The Labute approximate surface area is 161 Å². The molecule has 1 atom stereocenters. The second-order valence-electron chi connectivity index (χ2n) is 6.79. The lowest BCUT2D eigenvalue weighted by molar-refractivity contribution is 0.0115. The van der Waals surface area contributed by atoms with E-state index in [-0.39, 0.29) is 12.1 Å². The number of nitrogens with one attached hydrogen (secondary N) is 1. The summed E-state index contributed by atoms with van der Waals surface area (Å²) in [5.74, 6) is 0.812. The molecule has 1 saturated heterocycles. The fourth-order valence-corrected chi connectivity index (χ4v) is 3.35. The number of carbonyl (C=O) groups is 1. The molecule has 1 aliphatic heterocycles. The molecule has 3 rings (SSSR count). The first-order valence-corrected chi connectivity index (χ1v) is 9.62. The molecule has 0 spiro atoms. The van der Waals surface area contributed by atoms with Crippen LogP contribution in [0, 0.1) is 0 Å². The van der Waals surface area contributed by atoms with Gasteiger partial charge in [0.05, 0.1) is 18.9 Å². The number of hydrogen-bond acceptors (Lipinski definition) is 3. The maximum Gasteiger partial charge on any atom is 0.321 e. The molecule has 144 valence electrons. The van der Waals surface area contributed by atoms with Crippen LogP contribution in [0.1, 0.15) is 26.2 Å². The van der Waals surface area contributed by atoms with Gasteiger partial charge >= 0.3 is 6.03 Å². The summed E-state index contributed by atoms with van der Waals surface area (Å²) in [6, 6.07) is 15.6. The van der Waals surface area contributed by atoms with Crippen LogP contribution in [0.2, 0.25) is 0 Å². The molecule has 0 bridgehead atoms. The zero-order valence-electron chi connectivity index (χ0n) is 16.1. The van der Waals surface area contributed by atoms with Crippen molar-refractivity contribution in [3.05, 3.63) is 48.5 Å². The molecule has 0 radical (unpaired) electrons. The molecule has 0 aliphatic carbocycles. The summed E-state index contributed by atoms with van der Waals surface area (Å²) in [7, 11) is 1.65. The van der Waals surface area contributed by atoms with Crippen molar-refractivity contribution in [3.8, 4) is 16.9 Å². The van der Waals surface area contributed by atoms with Crippen LogP contribution in [0.15, 0.2) is 48.5 Å². The van der Waals surface area contributed by atoms with Gasteiger partial charge in [-0.25, -0.2) is 4.79 Å². The van der Waals surface area contributed by atoms with Gasteiger partial charge in [0, 0.05) is 25.3 Å². The highest BCUT2D eigenvalue weighted by atomic mass is 16.5. The Bertz CT molecular complexity index is 745. The Balaban J connectivity index is 1.70. The van der Waals surface area contributed by atoms with Crippen LogP contribution in [0.5, 0.6) is 5.75 Å². The van der Waals surface area contributed by atoms with Gasteiger partial charge in [-0.05, 0) is 43.0 Å². The van der Waals surface area contributed by atoms with Gasteiger partial charge in [0.15, 0.2) is 0 Å². The highest BCUT2D eigenvalue weighted by Crippen LogP contribution is 2.29. The first-order chi connectivity index (χ1) is 13.2. The van der Waals surface area contributed by atoms with E-state index in [4.69, 9.17) is 9.47 Å². The number of benzene rings is 2. The van der Waals surface area contributed by atoms with Gasteiger partial charge in [0.1, 0.15) is 5.75 Å². The Kier molecular flexibility index (Phi) is 6.71. The molecule has 27 heavy (non-hydrogen) atoms. The molecule has 2 aromatic carbocycles. The molecule has 5 heteroatoms. The number of para-hydroxylation sites is 1. The molecular weight excluding hydrogens is 340 g/mol.